The molecule has 1 fully saturated rings. The second kappa shape index (κ2) is 8.84. The largest absolute Gasteiger partial charge is 0.354 e. The fourth-order valence-electron chi connectivity index (χ4n) is 2.47. The number of anilines is 2. The van der Waals surface area contributed by atoms with E-state index < -0.39 is 0 Å². The average molecular weight is 366 g/mol. The van der Waals surface area contributed by atoms with Crippen LogP contribution in [0.5, 0.6) is 0 Å². The van der Waals surface area contributed by atoms with Gasteiger partial charge in [-0.15, -0.1) is 0 Å². The van der Waals surface area contributed by atoms with Gasteiger partial charge in [-0.1, -0.05) is 18.2 Å². The van der Waals surface area contributed by atoms with Gasteiger partial charge in [0.05, 0.1) is 0 Å². The van der Waals surface area contributed by atoms with Gasteiger partial charge < -0.3 is 21.3 Å². The van der Waals surface area contributed by atoms with Gasteiger partial charge in [0, 0.05) is 35.9 Å². The monoisotopic (exact) mass is 366 g/mol. The van der Waals surface area contributed by atoms with Crippen molar-refractivity contribution in [3.8, 4) is 0 Å². The highest BCUT2D eigenvalue weighted by molar-refractivity contribution is 6.00. The van der Waals surface area contributed by atoms with Gasteiger partial charge in [0.25, 0.3) is 5.91 Å². The van der Waals surface area contributed by atoms with Crippen molar-refractivity contribution in [3.63, 3.8) is 0 Å². The highest BCUT2D eigenvalue weighted by Crippen LogP contribution is 2.28. The molecule has 0 atom stereocenters. The number of hydrogen-bond donors (Lipinski definition) is 4. The lowest BCUT2D eigenvalue weighted by Gasteiger charge is -2.09. The lowest BCUT2D eigenvalue weighted by atomic mass is 10.2. The summed E-state index contributed by atoms with van der Waals surface area (Å²) in [5.41, 5.74) is 1.76. The van der Waals surface area contributed by atoms with Crippen molar-refractivity contribution >= 4 is 29.2 Å². The first-order valence-electron chi connectivity index (χ1n) is 8.91. The number of urea groups is 1. The Kier molecular flexibility index (Phi) is 6.04. The van der Waals surface area contributed by atoms with Gasteiger partial charge >= 0.3 is 6.03 Å². The first kappa shape index (κ1) is 18.4. The molecule has 7 nitrogen and oxygen atoms in total. The first-order valence-corrected chi connectivity index (χ1v) is 8.91. The van der Waals surface area contributed by atoms with Gasteiger partial charge in [-0.3, -0.25) is 9.59 Å². The zero-order valence-electron chi connectivity index (χ0n) is 14.8. The molecule has 0 unspecified atom stereocenters. The molecular weight excluding hydrogens is 344 g/mol. The van der Waals surface area contributed by atoms with E-state index in [9.17, 15) is 14.4 Å². The number of benzene rings is 2. The molecule has 1 aliphatic carbocycles. The first-order chi connectivity index (χ1) is 13.1. The van der Waals surface area contributed by atoms with Crippen molar-refractivity contribution in [2.75, 3.05) is 23.7 Å². The summed E-state index contributed by atoms with van der Waals surface area (Å²) in [4.78, 5) is 35.5. The van der Waals surface area contributed by atoms with Gasteiger partial charge in [0.2, 0.25) is 5.91 Å². The second-order valence-electron chi connectivity index (χ2n) is 6.34. The normalized spacial score (nSPS) is 12.7. The second-order valence-corrected chi connectivity index (χ2v) is 6.34. The zero-order chi connectivity index (χ0) is 19.1. The molecule has 4 amide bonds. The molecular formula is C20H22N4O3. The van der Waals surface area contributed by atoms with E-state index in [4.69, 9.17) is 0 Å². The van der Waals surface area contributed by atoms with Crippen LogP contribution in [0.3, 0.4) is 0 Å². The Morgan fingerprint density at radius 2 is 1.37 bits per heavy atom. The van der Waals surface area contributed by atoms with E-state index in [1.165, 1.54) is 0 Å². The van der Waals surface area contributed by atoms with Crippen LogP contribution in [-0.2, 0) is 4.79 Å². The summed E-state index contributed by atoms with van der Waals surface area (Å²) in [6.07, 6.45) is 1.92. The maximum Gasteiger partial charge on any atom is 0.323 e. The lowest BCUT2D eigenvalue weighted by Crippen LogP contribution is -2.35. The van der Waals surface area contributed by atoms with Crippen LogP contribution in [0.4, 0.5) is 16.2 Å². The fourth-order valence-corrected chi connectivity index (χ4v) is 2.47. The van der Waals surface area contributed by atoms with Crippen molar-refractivity contribution in [1.82, 2.24) is 10.6 Å². The Labute approximate surface area is 157 Å². The van der Waals surface area contributed by atoms with Crippen LogP contribution in [0.15, 0.2) is 54.6 Å². The minimum atomic E-state index is -0.357. The Bertz CT molecular complexity index is 802. The third kappa shape index (κ3) is 5.85. The maximum absolute atomic E-state index is 12.1. The predicted molar refractivity (Wildman–Crippen MR) is 104 cm³/mol. The van der Waals surface area contributed by atoms with Crippen LogP contribution >= 0.6 is 0 Å². The van der Waals surface area contributed by atoms with Crippen LogP contribution in [0, 0.1) is 5.92 Å². The van der Waals surface area contributed by atoms with Gasteiger partial charge in [0.15, 0.2) is 0 Å². The number of carbonyl (C=O) groups excluding carboxylic acids is 3. The zero-order valence-corrected chi connectivity index (χ0v) is 14.8. The SMILES string of the molecule is O=C(Nc1ccccc1)Nc1ccc(C(=O)NCCNC(=O)C2CC2)cc1. The summed E-state index contributed by atoms with van der Waals surface area (Å²) in [5, 5.41) is 11.0. The van der Waals surface area contributed by atoms with Gasteiger partial charge in [-0.25, -0.2) is 4.79 Å². The Morgan fingerprint density at radius 1 is 0.778 bits per heavy atom. The van der Waals surface area contributed by atoms with Gasteiger partial charge in [-0.05, 0) is 49.2 Å². The molecule has 4 N–H and O–H groups in total. The minimum absolute atomic E-state index is 0.0634. The van der Waals surface area contributed by atoms with Gasteiger partial charge in [-0.2, -0.15) is 0 Å². The van der Waals surface area contributed by atoms with E-state index in [-0.39, 0.29) is 23.8 Å². The molecule has 0 spiro atoms. The minimum Gasteiger partial charge on any atom is -0.354 e. The number of rotatable bonds is 7. The van der Waals surface area contributed by atoms with Crippen molar-refractivity contribution in [2.24, 2.45) is 5.92 Å². The molecule has 0 aliphatic heterocycles. The number of carbonyl (C=O) groups is 3. The lowest BCUT2D eigenvalue weighted by molar-refractivity contribution is -0.122. The molecule has 2 aromatic rings. The molecule has 7 heteroatoms. The summed E-state index contributed by atoms with van der Waals surface area (Å²) in [6, 6.07) is 15.4. The van der Waals surface area contributed by atoms with Crippen LogP contribution in [0.25, 0.3) is 0 Å². The van der Waals surface area contributed by atoms with Crippen molar-refractivity contribution in [2.45, 2.75) is 12.8 Å². The van der Waals surface area contributed by atoms with Crippen LogP contribution < -0.4 is 21.3 Å². The number of nitrogens with one attached hydrogen (secondary N) is 4. The third-order valence-electron chi connectivity index (χ3n) is 4.09. The number of amides is 4. The summed E-state index contributed by atoms with van der Waals surface area (Å²) >= 11 is 0. The van der Waals surface area contributed by atoms with Crippen molar-refractivity contribution < 1.29 is 14.4 Å². The molecule has 2 aromatic carbocycles. The summed E-state index contributed by atoms with van der Waals surface area (Å²) < 4.78 is 0. The molecule has 0 saturated heterocycles. The molecule has 0 radical (unpaired) electrons. The van der Waals surface area contributed by atoms with E-state index in [2.05, 4.69) is 21.3 Å². The van der Waals surface area contributed by atoms with E-state index in [0.717, 1.165) is 12.8 Å². The summed E-state index contributed by atoms with van der Waals surface area (Å²) in [7, 11) is 0. The predicted octanol–water partition coefficient (Wildman–Crippen LogP) is 2.59. The van der Waals surface area contributed by atoms with Crippen molar-refractivity contribution in [1.29, 1.82) is 0 Å². The Balaban J connectivity index is 1.41. The number of hydrogen-bond acceptors (Lipinski definition) is 3. The Morgan fingerprint density at radius 3 is 2.00 bits per heavy atom. The molecule has 1 aliphatic rings. The summed E-state index contributed by atoms with van der Waals surface area (Å²) in [5.74, 6) is 0.00394. The molecule has 27 heavy (non-hydrogen) atoms. The standard InChI is InChI=1S/C20H22N4O3/c25-18(14-6-7-14)21-12-13-22-19(26)15-8-10-17(11-9-15)24-20(27)23-16-4-2-1-3-5-16/h1-5,8-11,14H,6-7,12-13H2,(H,21,25)(H,22,26)(H2,23,24,27). The highest BCUT2D eigenvalue weighted by atomic mass is 16.2. The topological polar surface area (TPSA) is 99.3 Å². The highest BCUT2D eigenvalue weighted by Gasteiger charge is 2.28. The molecule has 3 rings (SSSR count). The average Bonchev–Trinajstić information content (AvgIpc) is 3.51. The van der Waals surface area contributed by atoms with Gasteiger partial charge in [0.1, 0.15) is 0 Å². The van der Waals surface area contributed by atoms with E-state index in [1.807, 2.05) is 18.2 Å². The Hall–Kier alpha value is -3.35. The summed E-state index contributed by atoms with van der Waals surface area (Å²) in [6.45, 7) is 0.789. The molecule has 0 bridgehead atoms. The smallest absolute Gasteiger partial charge is 0.323 e. The quantitative estimate of drug-likeness (QED) is 0.567. The van der Waals surface area contributed by atoms with Crippen LogP contribution in [0.2, 0.25) is 0 Å². The number of para-hydroxylation sites is 1. The van der Waals surface area contributed by atoms with Crippen molar-refractivity contribution in [3.05, 3.63) is 60.2 Å². The van der Waals surface area contributed by atoms with Crippen LogP contribution in [0.1, 0.15) is 23.2 Å². The molecule has 140 valence electrons. The maximum atomic E-state index is 12.1. The van der Waals surface area contributed by atoms with Crippen LogP contribution in [-0.4, -0.2) is 30.9 Å². The molecule has 0 aromatic heterocycles. The van der Waals surface area contributed by atoms with E-state index >= 15 is 0 Å². The van der Waals surface area contributed by atoms with E-state index in [0.29, 0.717) is 30.0 Å². The molecule has 0 heterocycles. The molecule has 1 saturated carbocycles. The third-order valence-corrected chi connectivity index (χ3v) is 4.09. The fraction of sp³-hybridized carbons (Fsp3) is 0.250. The van der Waals surface area contributed by atoms with E-state index in [1.54, 1.807) is 36.4 Å².